The molecule has 0 saturated heterocycles. The molecule has 0 spiro atoms. The molecule has 0 aromatic heterocycles. The Morgan fingerprint density at radius 3 is 0.750 bits per heavy atom. The molecule has 0 aliphatic carbocycles. The van der Waals surface area contributed by atoms with Gasteiger partial charge in [-0.3, -0.25) is 0 Å². The lowest BCUT2D eigenvalue weighted by Crippen LogP contribution is -2.27. The number of rotatable bonds is 4. The molecule has 0 fully saturated rings. The average molecular weight is 565 g/mol. The molecule has 4 N–H and O–H groups in total. The molecule has 0 saturated carbocycles. The third-order valence-electron chi connectivity index (χ3n) is 3.84. The minimum atomic E-state index is -2.21. The molecule has 0 aliphatic heterocycles. The first-order valence-electron chi connectivity index (χ1n) is 9.86. The van der Waals surface area contributed by atoms with Crippen molar-refractivity contribution in [1.82, 2.24) is 0 Å². The quantitative estimate of drug-likeness (QED) is 0.122. The second-order valence-electron chi connectivity index (χ2n) is 9.23. The molecule has 0 radical (unpaired) electrons. The summed E-state index contributed by atoms with van der Waals surface area (Å²) in [6, 6.07) is 0. The van der Waals surface area contributed by atoms with Crippen LogP contribution in [0.2, 0.25) is 39.3 Å². The van der Waals surface area contributed by atoms with Gasteiger partial charge in [-0.05, 0) is 39.3 Å². The minimum absolute atomic E-state index is 0.679. The molecule has 200 valence electrons. The largest absolute Gasteiger partial charge is 0.384 e. The maximum Gasteiger partial charge on any atom is 0.200 e. The number of benzene rings is 2. The normalized spacial score (nSPS) is 13.0. The van der Waals surface area contributed by atoms with Crippen LogP contribution < -0.4 is 11.5 Å². The van der Waals surface area contributed by atoms with Crippen LogP contribution in [0, 0.1) is 58.2 Å². The monoisotopic (exact) mass is 564 g/mol. The second-order valence-corrected chi connectivity index (χ2v) is 18.4. The summed E-state index contributed by atoms with van der Waals surface area (Å²) in [5, 5.41) is 0. The van der Waals surface area contributed by atoms with Crippen LogP contribution in [0.3, 0.4) is 0 Å². The van der Waals surface area contributed by atoms with Crippen molar-refractivity contribution in [1.29, 1.82) is 0 Å². The fourth-order valence-corrected chi connectivity index (χ4v) is 4.16. The molecular formula is C20H22F10N4Si2. The lowest BCUT2D eigenvalue weighted by Gasteiger charge is -2.13. The van der Waals surface area contributed by atoms with E-state index >= 15 is 0 Å². The summed E-state index contributed by atoms with van der Waals surface area (Å²) in [6.45, 7) is 10.2. The first-order valence-corrected chi connectivity index (χ1v) is 16.8. The highest BCUT2D eigenvalue weighted by Crippen LogP contribution is 2.24. The van der Waals surface area contributed by atoms with Crippen LogP contribution >= 0.6 is 0 Å². The van der Waals surface area contributed by atoms with Gasteiger partial charge >= 0.3 is 0 Å². The van der Waals surface area contributed by atoms with E-state index in [0.717, 1.165) is 0 Å². The van der Waals surface area contributed by atoms with E-state index in [1.54, 1.807) is 39.3 Å². The zero-order chi connectivity index (χ0) is 28.5. The van der Waals surface area contributed by atoms with Gasteiger partial charge in [0.25, 0.3) is 0 Å². The van der Waals surface area contributed by atoms with Crippen LogP contribution in [0.25, 0.3) is 0 Å². The van der Waals surface area contributed by atoms with Gasteiger partial charge in [0.15, 0.2) is 63.0 Å². The van der Waals surface area contributed by atoms with Gasteiger partial charge in [-0.15, -0.1) is 0 Å². The predicted molar refractivity (Wildman–Crippen MR) is 121 cm³/mol. The van der Waals surface area contributed by atoms with Gasteiger partial charge in [0.1, 0.15) is 11.7 Å². The Bertz CT molecular complexity index is 1080. The maximum atomic E-state index is 13.4. The molecule has 0 atom stereocenters. The Labute approximate surface area is 201 Å². The lowest BCUT2D eigenvalue weighted by molar-refractivity contribution is 0.377. The minimum Gasteiger partial charge on any atom is -0.384 e. The summed E-state index contributed by atoms with van der Waals surface area (Å²) < 4.78 is 138. The molecule has 36 heavy (non-hydrogen) atoms. The van der Waals surface area contributed by atoms with E-state index in [-0.39, 0.29) is 0 Å². The van der Waals surface area contributed by atoms with Crippen molar-refractivity contribution < 1.29 is 43.9 Å². The third-order valence-corrected chi connectivity index (χ3v) is 5.67. The molecular weight excluding hydrogens is 542 g/mol. The van der Waals surface area contributed by atoms with Crippen molar-refractivity contribution in [2.45, 2.75) is 39.3 Å². The summed E-state index contributed by atoms with van der Waals surface area (Å²) in [6.07, 6.45) is 0. The highest BCUT2D eigenvalue weighted by molar-refractivity contribution is 6.76. The van der Waals surface area contributed by atoms with Crippen molar-refractivity contribution >= 4 is 28.1 Å². The molecule has 0 heterocycles. The van der Waals surface area contributed by atoms with Crippen molar-refractivity contribution in [2.24, 2.45) is 20.8 Å². The van der Waals surface area contributed by atoms with Gasteiger partial charge in [0, 0.05) is 0 Å². The van der Waals surface area contributed by atoms with Crippen molar-refractivity contribution in [3.05, 3.63) is 69.3 Å². The molecule has 4 nitrogen and oxygen atoms in total. The highest BCUT2D eigenvalue weighted by Gasteiger charge is 2.29. The molecule has 2 aromatic carbocycles. The molecule has 0 aliphatic rings. The van der Waals surface area contributed by atoms with Crippen LogP contribution in [-0.4, -0.2) is 28.1 Å². The Kier molecular flexibility index (Phi) is 9.53. The van der Waals surface area contributed by atoms with Crippen LogP contribution in [0.1, 0.15) is 11.1 Å². The molecule has 0 amide bonds. The smallest absolute Gasteiger partial charge is 0.200 e. The molecule has 16 heteroatoms. The lowest BCUT2D eigenvalue weighted by atomic mass is 10.1. The zero-order valence-electron chi connectivity index (χ0n) is 19.8. The van der Waals surface area contributed by atoms with Gasteiger partial charge in [-0.2, -0.15) is 0 Å². The first-order chi connectivity index (χ1) is 16.1. The summed E-state index contributed by atoms with van der Waals surface area (Å²) >= 11 is 0. The third kappa shape index (κ3) is 7.08. The van der Waals surface area contributed by atoms with E-state index in [2.05, 4.69) is 9.32 Å². The maximum absolute atomic E-state index is 13.4. The van der Waals surface area contributed by atoms with Crippen molar-refractivity contribution in [2.75, 3.05) is 0 Å². The number of nitrogens with two attached hydrogens (primary N) is 2. The highest BCUT2D eigenvalue weighted by atomic mass is 28.3. The predicted octanol–water partition coefficient (Wildman–Crippen LogP) is 5.84. The summed E-state index contributed by atoms with van der Waals surface area (Å²) in [7, 11) is -4.41. The Balaban J connectivity index is 0.000000360. The van der Waals surface area contributed by atoms with E-state index in [4.69, 9.17) is 11.5 Å². The van der Waals surface area contributed by atoms with Crippen LogP contribution in [0.15, 0.2) is 9.32 Å². The molecule has 2 aromatic rings. The van der Waals surface area contributed by atoms with E-state index in [1.807, 2.05) is 0 Å². The van der Waals surface area contributed by atoms with E-state index < -0.39 is 97.4 Å². The fourth-order valence-electron chi connectivity index (χ4n) is 2.49. The average Bonchev–Trinajstić information content (AvgIpc) is 2.71. The summed E-state index contributed by atoms with van der Waals surface area (Å²) in [5.74, 6) is -21.8. The Hall–Kier alpha value is -2.89. The van der Waals surface area contributed by atoms with E-state index in [1.165, 1.54) is 0 Å². The van der Waals surface area contributed by atoms with Crippen molar-refractivity contribution in [3.8, 4) is 0 Å². The standard InChI is InChI=1S/2C10H11F5N2Si/c2*1-18(2,3)17-10(16)4-5(11)7(13)9(15)8(14)6(4)12/h2*1-3H3,(H2,16,17). The number of hydrogen-bond acceptors (Lipinski definition) is 2. The van der Waals surface area contributed by atoms with Gasteiger partial charge in [-0.1, -0.05) is 0 Å². The zero-order valence-corrected chi connectivity index (χ0v) is 21.8. The first kappa shape index (κ1) is 31.1. The van der Waals surface area contributed by atoms with E-state index in [9.17, 15) is 43.9 Å². The van der Waals surface area contributed by atoms with Crippen LogP contribution in [0.5, 0.6) is 0 Å². The number of halogens is 10. The summed E-state index contributed by atoms with van der Waals surface area (Å²) in [4.78, 5) is 0. The topological polar surface area (TPSA) is 76.8 Å². The SMILES string of the molecule is C[Si](C)(C)/N=C(\N)c1c(F)c(F)c(F)c(F)c1F.C[Si](C)(C)/N=C(\N)c1c(F)c(F)c(F)c(F)c1F. The van der Waals surface area contributed by atoms with Crippen LogP contribution in [0.4, 0.5) is 43.9 Å². The molecule has 0 unspecified atom stereocenters. The molecule has 2 rings (SSSR count). The number of amidine groups is 2. The van der Waals surface area contributed by atoms with Gasteiger partial charge in [0.2, 0.25) is 11.6 Å². The Morgan fingerprint density at radius 2 is 0.583 bits per heavy atom. The van der Waals surface area contributed by atoms with Gasteiger partial charge in [0.05, 0.1) is 11.1 Å². The Morgan fingerprint density at radius 1 is 0.417 bits per heavy atom. The second kappa shape index (κ2) is 11.0. The fraction of sp³-hybridized carbons (Fsp3) is 0.300. The van der Waals surface area contributed by atoms with Gasteiger partial charge in [-0.25, -0.2) is 43.9 Å². The van der Waals surface area contributed by atoms with Crippen LogP contribution in [-0.2, 0) is 0 Å². The van der Waals surface area contributed by atoms with Gasteiger partial charge < -0.3 is 20.8 Å². The van der Waals surface area contributed by atoms with Crippen molar-refractivity contribution in [3.63, 3.8) is 0 Å². The number of nitrogens with zero attached hydrogens (tertiary/aromatic N) is 2. The molecule has 0 bridgehead atoms. The summed E-state index contributed by atoms with van der Waals surface area (Å²) in [5.41, 5.74) is 8.29. The van der Waals surface area contributed by atoms with E-state index in [0.29, 0.717) is 0 Å². The number of hydrogen-bond donors (Lipinski definition) is 2.